The van der Waals surface area contributed by atoms with E-state index in [9.17, 15) is 26.8 Å². The average molecular weight is 508 g/mol. The van der Waals surface area contributed by atoms with Crippen molar-refractivity contribution in [2.75, 3.05) is 11.5 Å². The number of rotatable bonds is 6. The summed E-state index contributed by atoms with van der Waals surface area (Å²) in [4.78, 5) is 26.4. The fraction of sp³-hybridized carbons (Fsp3) is 0.417. The summed E-state index contributed by atoms with van der Waals surface area (Å²) in [5.74, 6) is -0.398. The Kier molecular flexibility index (Phi) is 6.48. The molecule has 1 amide bonds. The minimum atomic E-state index is -3.08. The van der Waals surface area contributed by atoms with Gasteiger partial charge in [-0.05, 0) is 63.9 Å². The van der Waals surface area contributed by atoms with Crippen molar-refractivity contribution in [1.82, 2.24) is 14.5 Å². The SMILES string of the molecule is CC(C)n1c(=O)n(-c2cccc(OC(F)F)c2)c2ccc(C(=O)NC3(C)CCS(=O)(=O)CC3)cc21. The van der Waals surface area contributed by atoms with Crippen molar-refractivity contribution in [3.05, 3.63) is 58.5 Å². The van der Waals surface area contributed by atoms with Gasteiger partial charge in [-0.1, -0.05) is 6.07 Å². The Balaban J connectivity index is 1.74. The van der Waals surface area contributed by atoms with Crippen molar-refractivity contribution >= 4 is 26.8 Å². The molecule has 0 spiro atoms. The number of fused-ring (bicyclic) bond motifs is 1. The quantitative estimate of drug-likeness (QED) is 0.549. The number of amides is 1. The number of sulfone groups is 1. The maximum Gasteiger partial charge on any atom is 0.387 e. The van der Waals surface area contributed by atoms with Crippen LogP contribution in [0.4, 0.5) is 8.78 Å². The molecule has 35 heavy (non-hydrogen) atoms. The van der Waals surface area contributed by atoms with E-state index in [1.165, 1.54) is 27.3 Å². The maximum atomic E-state index is 13.4. The van der Waals surface area contributed by atoms with Crippen molar-refractivity contribution in [3.63, 3.8) is 0 Å². The van der Waals surface area contributed by atoms with E-state index in [0.717, 1.165) is 0 Å². The molecule has 188 valence electrons. The van der Waals surface area contributed by atoms with Crippen molar-refractivity contribution in [2.24, 2.45) is 0 Å². The highest BCUT2D eigenvalue weighted by atomic mass is 32.2. The Labute approximate surface area is 201 Å². The molecular weight excluding hydrogens is 480 g/mol. The fourth-order valence-electron chi connectivity index (χ4n) is 4.37. The van der Waals surface area contributed by atoms with E-state index >= 15 is 0 Å². The summed E-state index contributed by atoms with van der Waals surface area (Å²) in [6.45, 7) is 2.49. The lowest BCUT2D eigenvalue weighted by molar-refractivity contribution is -0.0498. The molecule has 3 aromatic rings. The van der Waals surface area contributed by atoms with Crippen molar-refractivity contribution < 1.29 is 26.7 Å². The Morgan fingerprint density at radius 1 is 1.09 bits per heavy atom. The van der Waals surface area contributed by atoms with Gasteiger partial charge in [-0.3, -0.25) is 13.9 Å². The minimum absolute atomic E-state index is 0.0207. The van der Waals surface area contributed by atoms with Gasteiger partial charge < -0.3 is 10.1 Å². The zero-order chi connectivity index (χ0) is 25.5. The lowest BCUT2D eigenvalue weighted by atomic mass is 9.94. The number of nitrogens with one attached hydrogen (secondary N) is 1. The van der Waals surface area contributed by atoms with Crippen LogP contribution in [0.2, 0.25) is 0 Å². The van der Waals surface area contributed by atoms with E-state index in [4.69, 9.17) is 0 Å². The van der Waals surface area contributed by atoms with Crippen molar-refractivity contribution in [1.29, 1.82) is 0 Å². The number of alkyl halides is 2. The lowest BCUT2D eigenvalue weighted by Crippen LogP contribution is -2.50. The highest BCUT2D eigenvalue weighted by molar-refractivity contribution is 7.91. The number of halogens is 2. The Bertz CT molecular complexity index is 1430. The topological polar surface area (TPSA) is 99.4 Å². The van der Waals surface area contributed by atoms with E-state index in [0.29, 0.717) is 35.1 Å². The van der Waals surface area contributed by atoms with Gasteiger partial charge in [0.05, 0.1) is 28.2 Å². The summed E-state index contributed by atoms with van der Waals surface area (Å²) in [5, 5.41) is 2.96. The summed E-state index contributed by atoms with van der Waals surface area (Å²) >= 11 is 0. The normalized spacial score (nSPS) is 17.1. The van der Waals surface area contributed by atoms with Crippen LogP contribution in [0.25, 0.3) is 16.7 Å². The molecule has 1 aliphatic rings. The minimum Gasteiger partial charge on any atom is -0.435 e. The Morgan fingerprint density at radius 3 is 2.40 bits per heavy atom. The third-order valence-electron chi connectivity index (χ3n) is 6.30. The van der Waals surface area contributed by atoms with E-state index in [2.05, 4.69) is 10.1 Å². The molecule has 1 aromatic heterocycles. The van der Waals surface area contributed by atoms with E-state index in [1.54, 1.807) is 24.3 Å². The molecule has 4 rings (SSSR count). The molecule has 1 saturated heterocycles. The van der Waals surface area contributed by atoms with Gasteiger partial charge >= 0.3 is 12.3 Å². The molecule has 11 heteroatoms. The fourth-order valence-corrected chi connectivity index (χ4v) is 6.09. The molecule has 0 atom stereocenters. The van der Waals surface area contributed by atoms with Crippen molar-refractivity contribution in [3.8, 4) is 11.4 Å². The number of benzene rings is 2. The molecular formula is C24H27F2N3O5S. The van der Waals surface area contributed by atoms with E-state index in [1.807, 2.05) is 20.8 Å². The van der Waals surface area contributed by atoms with Crippen LogP contribution in [0.5, 0.6) is 5.75 Å². The predicted octanol–water partition coefficient (Wildman–Crippen LogP) is 3.67. The standard InChI is InChI=1S/C24H27F2N3O5S/c1-15(2)28-20-13-16(21(30)27-24(3)9-11-35(32,33)12-10-24)7-8-19(20)29(23(28)31)17-5-4-6-18(14-17)34-22(25)26/h4-8,13-15,22H,9-12H2,1-3H3,(H,27,30). The molecule has 1 N–H and O–H groups in total. The second-order valence-corrected chi connectivity index (χ2v) is 11.6. The highest BCUT2D eigenvalue weighted by Gasteiger charge is 2.34. The number of carbonyl (C=O) groups is 1. The van der Waals surface area contributed by atoms with Gasteiger partial charge in [-0.15, -0.1) is 0 Å². The first-order valence-electron chi connectivity index (χ1n) is 11.2. The number of nitrogens with zero attached hydrogens (tertiary/aromatic N) is 2. The largest absolute Gasteiger partial charge is 0.435 e. The first kappa shape index (κ1) is 24.9. The smallest absolute Gasteiger partial charge is 0.387 e. The third-order valence-corrected chi connectivity index (χ3v) is 7.95. The molecule has 0 saturated carbocycles. The van der Waals surface area contributed by atoms with Crippen LogP contribution in [0.1, 0.15) is 50.0 Å². The summed E-state index contributed by atoms with van der Waals surface area (Å²) in [6, 6.07) is 10.5. The van der Waals surface area contributed by atoms with Crippen molar-refractivity contribution in [2.45, 2.75) is 51.8 Å². The van der Waals surface area contributed by atoms with Gasteiger partial charge in [0.25, 0.3) is 5.91 Å². The Morgan fingerprint density at radius 2 is 1.77 bits per heavy atom. The van der Waals surface area contributed by atoms with E-state index < -0.39 is 22.0 Å². The van der Waals surface area contributed by atoms with Crippen LogP contribution >= 0.6 is 0 Å². The number of ether oxygens (including phenoxy) is 1. The monoisotopic (exact) mass is 507 g/mol. The molecule has 8 nitrogen and oxygen atoms in total. The second-order valence-electron chi connectivity index (χ2n) is 9.33. The Hall–Kier alpha value is -3.21. The van der Waals surface area contributed by atoms with Gasteiger partial charge in [-0.2, -0.15) is 8.78 Å². The van der Waals surface area contributed by atoms with Crippen LogP contribution in [-0.2, 0) is 9.84 Å². The van der Waals surface area contributed by atoms with Gasteiger partial charge in [0.1, 0.15) is 15.6 Å². The highest BCUT2D eigenvalue weighted by Crippen LogP contribution is 2.27. The van der Waals surface area contributed by atoms with Gasteiger partial charge in [0.2, 0.25) is 0 Å². The van der Waals surface area contributed by atoms with Crippen LogP contribution in [0.3, 0.4) is 0 Å². The summed E-state index contributed by atoms with van der Waals surface area (Å²) in [5.41, 5.74) is 0.663. The number of aromatic nitrogens is 2. The predicted molar refractivity (Wildman–Crippen MR) is 128 cm³/mol. The lowest BCUT2D eigenvalue weighted by Gasteiger charge is -2.34. The van der Waals surface area contributed by atoms with Crippen LogP contribution in [0.15, 0.2) is 47.3 Å². The number of hydrogen-bond acceptors (Lipinski definition) is 5. The van der Waals surface area contributed by atoms with Crippen LogP contribution < -0.4 is 15.7 Å². The van der Waals surface area contributed by atoms with E-state index in [-0.39, 0.29) is 34.9 Å². The average Bonchev–Trinajstić information content (AvgIpc) is 3.07. The molecule has 1 fully saturated rings. The first-order chi connectivity index (χ1) is 16.4. The molecule has 0 unspecified atom stereocenters. The summed E-state index contributed by atoms with van der Waals surface area (Å²) in [6.07, 6.45) is 0.654. The zero-order valence-corrected chi connectivity index (χ0v) is 20.4. The second kappa shape index (κ2) is 9.10. The molecule has 2 aromatic carbocycles. The molecule has 0 radical (unpaired) electrons. The zero-order valence-electron chi connectivity index (χ0n) is 19.6. The molecule has 0 aliphatic carbocycles. The molecule has 0 bridgehead atoms. The first-order valence-corrected chi connectivity index (χ1v) is 13.1. The summed E-state index contributed by atoms with van der Waals surface area (Å²) < 4.78 is 56.3. The van der Waals surface area contributed by atoms with Crippen LogP contribution in [0, 0.1) is 0 Å². The van der Waals surface area contributed by atoms with Gasteiger partial charge in [-0.25, -0.2) is 13.2 Å². The maximum absolute atomic E-state index is 13.4. The summed E-state index contributed by atoms with van der Waals surface area (Å²) in [7, 11) is -3.08. The third kappa shape index (κ3) is 5.09. The van der Waals surface area contributed by atoms with Gasteiger partial charge in [0, 0.05) is 23.2 Å². The van der Waals surface area contributed by atoms with Crippen LogP contribution in [-0.4, -0.2) is 47.1 Å². The molecule has 2 heterocycles. The van der Waals surface area contributed by atoms with Gasteiger partial charge in [0.15, 0.2) is 0 Å². The molecule has 1 aliphatic heterocycles. The number of imidazole rings is 1. The number of hydrogen-bond donors (Lipinski definition) is 1. The number of carbonyl (C=O) groups excluding carboxylic acids is 1.